The Bertz CT molecular complexity index is 557. The van der Waals surface area contributed by atoms with Crippen molar-refractivity contribution in [3.05, 3.63) is 56.1 Å². The van der Waals surface area contributed by atoms with Gasteiger partial charge in [0.05, 0.1) is 6.61 Å². The predicted octanol–water partition coefficient (Wildman–Crippen LogP) is 4.49. The van der Waals surface area contributed by atoms with E-state index >= 15 is 0 Å². The summed E-state index contributed by atoms with van der Waals surface area (Å²) in [5, 5.41) is 9.31. The topological polar surface area (TPSA) is 23.5 Å². The summed E-state index contributed by atoms with van der Waals surface area (Å²) >= 11 is 5.76. The van der Waals surface area contributed by atoms with Crippen molar-refractivity contribution in [2.75, 3.05) is 18.1 Å². The smallest absolute Gasteiger partial charge is 0.0610 e. The van der Waals surface area contributed by atoms with Crippen molar-refractivity contribution >= 4 is 49.9 Å². The number of anilines is 2. The lowest BCUT2D eigenvalue weighted by atomic mass is 10.1. The van der Waals surface area contributed by atoms with Gasteiger partial charge in [0, 0.05) is 26.0 Å². The molecule has 0 radical (unpaired) electrons. The first-order chi connectivity index (χ1) is 9.11. The van der Waals surface area contributed by atoms with Gasteiger partial charge in [-0.25, -0.2) is 0 Å². The molecule has 2 rings (SSSR count). The molecule has 0 spiro atoms. The van der Waals surface area contributed by atoms with E-state index in [9.17, 15) is 5.11 Å². The van der Waals surface area contributed by atoms with E-state index in [0.29, 0.717) is 6.54 Å². The van der Waals surface area contributed by atoms with Gasteiger partial charge in [-0.3, -0.25) is 0 Å². The van der Waals surface area contributed by atoms with Crippen LogP contribution < -0.4 is 4.90 Å². The van der Waals surface area contributed by atoms with Crippen LogP contribution in [0.1, 0.15) is 5.56 Å². The second-order valence-corrected chi connectivity index (χ2v) is 6.44. The molecule has 0 aromatic heterocycles. The summed E-state index contributed by atoms with van der Waals surface area (Å²) in [6.07, 6.45) is 0. The van der Waals surface area contributed by atoms with Crippen molar-refractivity contribution in [3.8, 4) is 0 Å². The second-order valence-electron chi connectivity index (χ2n) is 4.28. The third-order valence-electron chi connectivity index (χ3n) is 2.91. The highest BCUT2D eigenvalue weighted by Crippen LogP contribution is 2.29. The van der Waals surface area contributed by atoms with E-state index in [0.717, 1.165) is 15.8 Å². The molecule has 2 aromatic rings. The fourth-order valence-corrected chi connectivity index (χ4v) is 2.94. The van der Waals surface area contributed by atoms with Crippen molar-refractivity contribution in [1.29, 1.82) is 0 Å². The van der Waals surface area contributed by atoms with E-state index in [1.54, 1.807) is 0 Å². The Morgan fingerprint density at radius 3 is 2.42 bits per heavy atom. The van der Waals surface area contributed by atoms with Crippen LogP contribution in [0.5, 0.6) is 0 Å². The average molecular weight is 432 g/mol. The molecule has 4 heteroatoms. The van der Waals surface area contributed by atoms with Crippen LogP contribution in [0.3, 0.4) is 0 Å². The highest BCUT2D eigenvalue weighted by atomic mass is 127. The summed E-state index contributed by atoms with van der Waals surface area (Å²) in [5.74, 6) is 0. The molecule has 0 saturated carbocycles. The quantitative estimate of drug-likeness (QED) is 0.720. The lowest BCUT2D eigenvalue weighted by Gasteiger charge is -2.26. The van der Waals surface area contributed by atoms with E-state index in [1.807, 2.05) is 12.1 Å². The molecule has 0 bridgehead atoms. The van der Waals surface area contributed by atoms with Crippen LogP contribution >= 0.6 is 38.5 Å². The molecule has 0 aliphatic rings. The van der Waals surface area contributed by atoms with E-state index in [4.69, 9.17) is 0 Å². The molecule has 0 amide bonds. The number of aliphatic hydroxyl groups excluding tert-OH is 1. The molecule has 1 N–H and O–H groups in total. The average Bonchev–Trinajstić information content (AvgIpc) is 2.38. The Kier molecular flexibility index (Phi) is 5.24. The molecule has 2 nitrogen and oxygen atoms in total. The number of aliphatic hydroxyl groups is 1. The van der Waals surface area contributed by atoms with Gasteiger partial charge in [-0.15, -0.1) is 0 Å². The molecular weight excluding hydrogens is 417 g/mol. The van der Waals surface area contributed by atoms with E-state index in [1.165, 1.54) is 9.13 Å². The number of hydrogen-bond donors (Lipinski definition) is 1. The molecule has 2 aromatic carbocycles. The minimum absolute atomic E-state index is 0.126. The van der Waals surface area contributed by atoms with Crippen molar-refractivity contribution in [2.24, 2.45) is 0 Å². The zero-order chi connectivity index (χ0) is 13.8. The van der Waals surface area contributed by atoms with Crippen LogP contribution in [0, 0.1) is 10.5 Å². The van der Waals surface area contributed by atoms with Gasteiger partial charge in [-0.2, -0.15) is 0 Å². The lowest BCUT2D eigenvalue weighted by molar-refractivity contribution is 0.305. The van der Waals surface area contributed by atoms with Crippen molar-refractivity contribution < 1.29 is 5.11 Å². The summed E-state index contributed by atoms with van der Waals surface area (Å²) in [6.45, 7) is 2.81. The van der Waals surface area contributed by atoms with Crippen molar-refractivity contribution in [3.63, 3.8) is 0 Å². The Hall–Kier alpha value is -0.590. The summed E-state index contributed by atoms with van der Waals surface area (Å²) in [4.78, 5) is 2.14. The molecule has 0 atom stereocenters. The van der Waals surface area contributed by atoms with Crippen LogP contribution in [0.4, 0.5) is 11.4 Å². The largest absolute Gasteiger partial charge is 0.395 e. The third kappa shape index (κ3) is 3.70. The van der Waals surface area contributed by atoms with Crippen molar-refractivity contribution in [2.45, 2.75) is 6.92 Å². The fourth-order valence-electron chi connectivity index (χ4n) is 2.03. The van der Waals surface area contributed by atoms with Crippen LogP contribution in [-0.4, -0.2) is 18.3 Å². The maximum Gasteiger partial charge on any atom is 0.0610 e. The van der Waals surface area contributed by atoms with Gasteiger partial charge in [0.2, 0.25) is 0 Å². The lowest BCUT2D eigenvalue weighted by Crippen LogP contribution is -2.21. The standard InChI is InChI=1S/C15H15BrINO/c1-11-10-13(17)4-7-15(11)18(8-9-19)14-5-2-12(16)3-6-14/h2-7,10,19H,8-9H2,1H3. The van der Waals surface area contributed by atoms with Crippen LogP contribution in [-0.2, 0) is 0 Å². The Morgan fingerprint density at radius 2 is 1.84 bits per heavy atom. The monoisotopic (exact) mass is 431 g/mol. The normalized spacial score (nSPS) is 10.5. The zero-order valence-electron chi connectivity index (χ0n) is 10.6. The molecule has 0 heterocycles. The molecule has 100 valence electrons. The maximum atomic E-state index is 9.31. The first kappa shape index (κ1) is 14.8. The maximum absolute atomic E-state index is 9.31. The summed E-state index contributed by atoms with van der Waals surface area (Å²) < 4.78 is 2.28. The molecular formula is C15H15BrINO. The third-order valence-corrected chi connectivity index (χ3v) is 4.11. The predicted molar refractivity (Wildman–Crippen MR) is 92.1 cm³/mol. The van der Waals surface area contributed by atoms with Gasteiger partial charge < -0.3 is 10.0 Å². The van der Waals surface area contributed by atoms with Crippen LogP contribution in [0.15, 0.2) is 46.9 Å². The van der Waals surface area contributed by atoms with Gasteiger partial charge >= 0.3 is 0 Å². The van der Waals surface area contributed by atoms with Gasteiger partial charge in [0.15, 0.2) is 0 Å². The molecule has 0 saturated heterocycles. The Balaban J connectivity index is 2.41. The van der Waals surface area contributed by atoms with E-state index in [2.05, 4.69) is 80.7 Å². The van der Waals surface area contributed by atoms with Gasteiger partial charge in [0.1, 0.15) is 0 Å². The molecule has 19 heavy (non-hydrogen) atoms. The highest BCUT2D eigenvalue weighted by Gasteiger charge is 2.11. The number of benzene rings is 2. The molecule has 0 aliphatic heterocycles. The van der Waals surface area contributed by atoms with Gasteiger partial charge in [-0.05, 0) is 77.5 Å². The van der Waals surface area contributed by atoms with Crippen molar-refractivity contribution in [1.82, 2.24) is 0 Å². The number of halogens is 2. The summed E-state index contributed by atoms with van der Waals surface area (Å²) in [6, 6.07) is 14.5. The van der Waals surface area contributed by atoms with E-state index < -0.39 is 0 Å². The minimum atomic E-state index is 0.126. The number of rotatable bonds is 4. The SMILES string of the molecule is Cc1cc(I)ccc1N(CCO)c1ccc(Br)cc1. The summed E-state index contributed by atoms with van der Waals surface area (Å²) in [7, 11) is 0. The second kappa shape index (κ2) is 6.72. The number of aryl methyl sites for hydroxylation is 1. The van der Waals surface area contributed by atoms with E-state index in [-0.39, 0.29) is 6.61 Å². The Labute approximate surface area is 135 Å². The van der Waals surface area contributed by atoms with Gasteiger partial charge in [0.25, 0.3) is 0 Å². The highest BCUT2D eigenvalue weighted by molar-refractivity contribution is 14.1. The van der Waals surface area contributed by atoms with Crippen LogP contribution in [0.2, 0.25) is 0 Å². The van der Waals surface area contributed by atoms with Crippen LogP contribution in [0.25, 0.3) is 0 Å². The number of hydrogen-bond acceptors (Lipinski definition) is 2. The van der Waals surface area contributed by atoms with Gasteiger partial charge in [-0.1, -0.05) is 15.9 Å². The number of nitrogens with zero attached hydrogens (tertiary/aromatic N) is 1. The Morgan fingerprint density at radius 1 is 1.16 bits per heavy atom. The minimum Gasteiger partial charge on any atom is -0.395 e. The fraction of sp³-hybridized carbons (Fsp3) is 0.200. The first-order valence-electron chi connectivity index (χ1n) is 6.02. The summed E-state index contributed by atoms with van der Waals surface area (Å²) in [5.41, 5.74) is 3.43. The molecule has 0 unspecified atom stereocenters. The zero-order valence-corrected chi connectivity index (χ0v) is 14.3. The first-order valence-corrected chi connectivity index (χ1v) is 7.89. The molecule has 0 aliphatic carbocycles. The molecule has 0 fully saturated rings.